The lowest BCUT2D eigenvalue weighted by Crippen LogP contribution is -2.53. The molecule has 1 aliphatic carbocycles. The summed E-state index contributed by atoms with van der Waals surface area (Å²) in [5.41, 5.74) is 2.51. The van der Waals surface area contributed by atoms with E-state index in [1.165, 1.54) is 12.1 Å². The molecule has 0 N–H and O–H groups in total. The fourth-order valence-electron chi connectivity index (χ4n) is 4.60. The van der Waals surface area contributed by atoms with Gasteiger partial charge in [-0.25, -0.2) is 9.37 Å². The first-order valence-corrected chi connectivity index (χ1v) is 11.3. The van der Waals surface area contributed by atoms with E-state index >= 15 is 0 Å². The number of methoxy groups -OCH3 is 1. The summed E-state index contributed by atoms with van der Waals surface area (Å²) in [6.07, 6.45) is 7.63. The molecule has 1 atom stereocenters. The number of hydrogen-bond donors (Lipinski definition) is 0. The van der Waals surface area contributed by atoms with E-state index in [1.807, 2.05) is 48.9 Å². The fraction of sp³-hybridized carbons (Fsp3) is 0.308. The molecular formula is C26H25FN4O3. The van der Waals surface area contributed by atoms with Gasteiger partial charge in [-0.05, 0) is 55.7 Å². The zero-order valence-corrected chi connectivity index (χ0v) is 19.3. The van der Waals surface area contributed by atoms with Crippen LogP contribution in [0.5, 0.6) is 5.75 Å². The first-order chi connectivity index (χ1) is 16.4. The quantitative estimate of drug-likeness (QED) is 0.562. The van der Waals surface area contributed by atoms with Crippen LogP contribution in [0.25, 0.3) is 11.8 Å². The average Bonchev–Trinajstić information content (AvgIpc) is 3.27. The van der Waals surface area contributed by atoms with Gasteiger partial charge >= 0.3 is 0 Å². The Kier molecular flexibility index (Phi) is 4.49. The van der Waals surface area contributed by atoms with Crippen molar-refractivity contribution in [1.82, 2.24) is 14.5 Å². The van der Waals surface area contributed by atoms with Gasteiger partial charge in [0, 0.05) is 18.7 Å². The second-order valence-electron chi connectivity index (χ2n) is 9.23. The number of imidazole rings is 1. The van der Waals surface area contributed by atoms with Crippen LogP contribution in [-0.4, -0.2) is 39.5 Å². The average molecular weight is 461 g/mol. The van der Waals surface area contributed by atoms with Crippen LogP contribution in [0, 0.1) is 12.7 Å². The van der Waals surface area contributed by atoms with Gasteiger partial charge < -0.3 is 23.8 Å². The molecule has 7 nitrogen and oxygen atoms in total. The zero-order valence-electron chi connectivity index (χ0n) is 19.3. The number of rotatable bonds is 4. The van der Waals surface area contributed by atoms with Crippen LogP contribution in [0.3, 0.4) is 0 Å². The number of aryl methyl sites for hydroxylation is 1. The SMILES string of the molecule is COc1cc(C=C2OC3(CC3)CN3C2=NOC3(C)c2ccc(F)cc2)ccc1-n1cnc(C)c1. The van der Waals surface area contributed by atoms with E-state index in [0.29, 0.717) is 18.1 Å². The van der Waals surface area contributed by atoms with Crippen LogP contribution in [0.15, 0.2) is 65.9 Å². The normalized spacial score (nSPS) is 23.4. The molecule has 1 saturated carbocycles. The van der Waals surface area contributed by atoms with Gasteiger partial charge in [0.15, 0.2) is 5.76 Å². The van der Waals surface area contributed by atoms with Crippen molar-refractivity contribution in [3.8, 4) is 11.4 Å². The molecule has 0 radical (unpaired) electrons. The second kappa shape index (κ2) is 7.35. The minimum Gasteiger partial charge on any atom is -0.495 e. The second-order valence-corrected chi connectivity index (χ2v) is 9.23. The third-order valence-corrected chi connectivity index (χ3v) is 6.75. The van der Waals surface area contributed by atoms with Gasteiger partial charge in [0.05, 0.1) is 31.4 Å². The van der Waals surface area contributed by atoms with E-state index in [0.717, 1.165) is 41.1 Å². The Hall–Kier alpha value is -3.81. The van der Waals surface area contributed by atoms with Gasteiger partial charge in [-0.15, -0.1) is 0 Å². The first-order valence-electron chi connectivity index (χ1n) is 11.3. The van der Waals surface area contributed by atoms with Crippen LogP contribution >= 0.6 is 0 Å². The molecule has 1 aromatic heterocycles. The molecule has 1 spiro atoms. The number of hydrogen-bond acceptors (Lipinski definition) is 6. The highest BCUT2D eigenvalue weighted by atomic mass is 19.1. The number of morpholine rings is 1. The van der Waals surface area contributed by atoms with Crippen molar-refractivity contribution in [2.45, 2.75) is 38.0 Å². The summed E-state index contributed by atoms with van der Waals surface area (Å²) in [5.74, 6) is 1.73. The van der Waals surface area contributed by atoms with Crippen LogP contribution in [0.1, 0.15) is 36.6 Å². The van der Waals surface area contributed by atoms with Crippen molar-refractivity contribution >= 4 is 11.9 Å². The minimum atomic E-state index is -0.831. The standard InChI is InChI=1S/C26H25FN4O3/c1-17-14-30(16-28-17)21-9-4-18(12-22(21)32-3)13-23-24-29-34-25(2,19-5-7-20(27)8-6-19)31(24)15-26(33-23)10-11-26/h4-9,12-14,16H,10-11,15H2,1-3H3. The van der Waals surface area contributed by atoms with Gasteiger partial charge in [-0.1, -0.05) is 23.4 Å². The lowest BCUT2D eigenvalue weighted by atomic mass is 10.0. The van der Waals surface area contributed by atoms with Crippen LogP contribution < -0.4 is 4.74 Å². The first kappa shape index (κ1) is 20.8. The van der Waals surface area contributed by atoms with Crippen molar-refractivity contribution in [2.24, 2.45) is 5.16 Å². The minimum absolute atomic E-state index is 0.252. The van der Waals surface area contributed by atoms with E-state index in [2.05, 4.69) is 15.0 Å². The summed E-state index contributed by atoms with van der Waals surface area (Å²) in [5, 5.41) is 4.40. The predicted octanol–water partition coefficient (Wildman–Crippen LogP) is 4.75. The van der Waals surface area contributed by atoms with Gasteiger partial charge in [-0.2, -0.15) is 0 Å². The molecule has 0 bridgehead atoms. The van der Waals surface area contributed by atoms with Crippen LogP contribution in [0.2, 0.25) is 0 Å². The monoisotopic (exact) mass is 460 g/mol. The highest BCUT2D eigenvalue weighted by molar-refractivity contribution is 6.02. The highest BCUT2D eigenvalue weighted by Gasteiger charge is 2.58. The lowest BCUT2D eigenvalue weighted by Gasteiger charge is -2.41. The Labute approximate surface area is 197 Å². The third kappa shape index (κ3) is 3.32. The van der Waals surface area contributed by atoms with E-state index in [1.54, 1.807) is 25.6 Å². The number of ether oxygens (including phenoxy) is 2. The fourth-order valence-corrected chi connectivity index (χ4v) is 4.60. The summed E-state index contributed by atoms with van der Waals surface area (Å²) in [6, 6.07) is 12.4. The molecule has 1 saturated heterocycles. The Bertz CT molecular complexity index is 1330. The number of amidine groups is 1. The predicted molar refractivity (Wildman–Crippen MR) is 125 cm³/mol. The molecule has 3 aliphatic rings. The van der Waals surface area contributed by atoms with Crippen molar-refractivity contribution in [3.63, 3.8) is 0 Å². The molecule has 0 amide bonds. The Morgan fingerprint density at radius 1 is 1.15 bits per heavy atom. The Balaban J connectivity index is 1.36. The molecule has 174 valence electrons. The molecule has 2 fully saturated rings. The number of fused-ring (bicyclic) bond motifs is 1. The summed E-state index contributed by atoms with van der Waals surface area (Å²) >= 11 is 0. The molecule has 2 aromatic carbocycles. The molecule has 6 rings (SSSR count). The van der Waals surface area contributed by atoms with E-state index in [9.17, 15) is 4.39 Å². The van der Waals surface area contributed by atoms with Crippen molar-refractivity contribution in [2.75, 3.05) is 13.7 Å². The van der Waals surface area contributed by atoms with Crippen molar-refractivity contribution in [3.05, 3.63) is 83.4 Å². The molecular weight excluding hydrogens is 435 g/mol. The third-order valence-electron chi connectivity index (χ3n) is 6.75. The topological polar surface area (TPSA) is 61.1 Å². The Morgan fingerprint density at radius 2 is 1.94 bits per heavy atom. The largest absolute Gasteiger partial charge is 0.495 e. The number of halogens is 1. The zero-order chi connectivity index (χ0) is 23.5. The van der Waals surface area contributed by atoms with Crippen LogP contribution in [-0.2, 0) is 15.3 Å². The maximum Gasteiger partial charge on any atom is 0.234 e. The molecule has 1 unspecified atom stereocenters. The number of aromatic nitrogens is 2. The molecule has 3 aromatic rings. The highest BCUT2D eigenvalue weighted by Crippen LogP contribution is 2.50. The number of oxime groups is 1. The van der Waals surface area contributed by atoms with Gasteiger partial charge in [-0.3, -0.25) is 0 Å². The van der Waals surface area contributed by atoms with Gasteiger partial charge in [0.25, 0.3) is 0 Å². The summed E-state index contributed by atoms with van der Waals surface area (Å²) in [4.78, 5) is 12.4. The molecule has 8 heteroatoms. The number of nitrogens with zero attached hydrogens (tertiary/aromatic N) is 4. The van der Waals surface area contributed by atoms with Crippen LogP contribution in [0.4, 0.5) is 4.39 Å². The summed E-state index contributed by atoms with van der Waals surface area (Å²) < 4.78 is 27.6. The lowest BCUT2D eigenvalue weighted by molar-refractivity contribution is -0.108. The smallest absolute Gasteiger partial charge is 0.234 e. The van der Waals surface area contributed by atoms with Gasteiger partial charge in [0.1, 0.15) is 17.2 Å². The maximum atomic E-state index is 13.5. The molecule has 34 heavy (non-hydrogen) atoms. The summed E-state index contributed by atoms with van der Waals surface area (Å²) in [6.45, 7) is 4.58. The van der Waals surface area contributed by atoms with E-state index < -0.39 is 5.72 Å². The number of benzene rings is 2. The van der Waals surface area contributed by atoms with E-state index in [-0.39, 0.29) is 11.4 Å². The maximum absolute atomic E-state index is 13.5. The van der Waals surface area contributed by atoms with Gasteiger partial charge in [0.2, 0.25) is 11.6 Å². The van der Waals surface area contributed by atoms with Crippen molar-refractivity contribution in [1.29, 1.82) is 0 Å². The van der Waals surface area contributed by atoms with E-state index in [4.69, 9.17) is 14.3 Å². The molecule has 2 aliphatic heterocycles. The van der Waals surface area contributed by atoms with Crippen molar-refractivity contribution < 1.29 is 18.7 Å². The Morgan fingerprint density at radius 3 is 2.62 bits per heavy atom. The summed E-state index contributed by atoms with van der Waals surface area (Å²) in [7, 11) is 1.65. The molecule has 3 heterocycles.